The minimum Gasteiger partial charge on any atom is -0.494 e. The maximum absolute atomic E-state index is 5.91. The fraction of sp³-hybridized carbons (Fsp3) is 0.240. The van der Waals surface area contributed by atoms with E-state index in [0.717, 1.165) is 43.3 Å². The molecule has 7 nitrogen and oxygen atoms in total. The minimum atomic E-state index is 0.330. The van der Waals surface area contributed by atoms with Crippen molar-refractivity contribution in [2.24, 2.45) is 0 Å². The van der Waals surface area contributed by atoms with Gasteiger partial charge < -0.3 is 30.3 Å². The second-order valence-corrected chi connectivity index (χ2v) is 7.67. The van der Waals surface area contributed by atoms with E-state index in [4.69, 9.17) is 21.6 Å². The Kier molecular flexibility index (Phi) is 6.34. The molecular formula is C25H27N5O2. The molecule has 0 amide bonds. The zero-order valence-electron chi connectivity index (χ0n) is 18.3. The Balaban J connectivity index is 1.56. The second-order valence-electron chi connectivity index (χ2n) is 7.67. The van der Waals surface area contributed by atoms with E-state index in [1.54, 1.807) is 31.4 Å². The van der Waals surface area contributed by atoms with Gasteiger partial charge in [-0.1, -0.05) is 12.0 Å². The average molecular weight is 430 g/mol. The highest BCUT2D eigenvalue weighted by Gasteiger charge is 2.16. The van der Waals surface area contributed by atoms with Crippen LogP contribution in [0, 0.1) is 12.3 Å². The molecule has 3 aromatic rings. The Labute approximate surface area is 188 Å². The molecule has 2 aromatic carbocycles. The topological polar surface area (TPSA) is 75.9 Å². The molecular weight excluding hydrogens is 402 g/mol. The highest BCUT2D eigenvalue weighted by Crippen LogP contribution is 2.33. The van der Waals surface area contributed by atoms with Gasteiger partial charge in [0.05, 0.1) is 18.4 Å². The Morgan fingerprint density at radius 3 is 2.59 bits per heavy atom. The standard InChI is InChI=1S/C25H27N5O2/c1-4-18-8-11-24(28-25(18)32-21-7-5-6-19(26)16-21)27-22-10-9-20(17-23(22)31-3)30-14-12-29(2)13-15-30/h1,5-11,16-17H,12-15,26H2,2-3H3,(H,27,28). The summed E-state index contributed by atoms with van der Waals surface area (Å²) in [6.07, 6.45) is 5.64. The lowest BCUT2D eigenvalue weighted by molar-refractivity contribution is 0.312. The summed E-state index contributed by atoms with van der Waals surface area (Å²) in [5.41, 5.74) is 8.95. The summed E-state index contributed by atoms with van der Waals surface area (Å²) < 4.78 is 11.6. The number of ether oxygens (including phenoxy) is 2. The van der Waals surface area contributed by atoms with Crippen LogP contribution in [0.15, 0.2) is 54.6 Å². The first kappa shape index (κ1) is 21.3. The fourth-order valence-corrected chi connectivity index (χ4v) is 3.57. The van der Waals surface area contributed by atoms with Crippen LogP contribution in [-0.4, -0.2) is 50.2 Å². The number of rotatable bonds is 6. The van der Waals surface area contributed by atoms with Crippen molar-refractivity contribution in [3.05, 3.63) is 60.2 Å². The van der Waals surface area contributed by atoms with Crippen LogP contribution >= 0.6 is 0 Å². The quantitative estimate of drug-likeness (QED) is 0.454. The number of aromatic nitrogens is 1. The summed E-state index contributed by atoms with van der Waals surface area (Å²) in [5, 5.41) is 3.31. The molecule has 0 atom stereocenters. The molecule has 3 N–H and O–H groups in total. The van der Waals surface area contributed by atoms with Gasteiger partial charge in [-0.05, 0) is 43.4 Å². The lowest BCUT2D eigenvalue weighted by Gasteiger charge is -2.34. The molecule has 4 rings (SSSR count). The summed E-state index contributed by atoms with van der Waals surface area (Å²) in [4.78, 5) is 9.27. The van der Waals surface area contributed by atoms with E-state index in [1.807, 2.05) is 24.3 Å². The third kappa shape index (κ3) is 4.88. The van der Waals surface area contributed by atoms with Gasteiger partial charge in [-0.2, -0.15) is 4.98 Å². The number of benzene rings is 2. The lowest BCUT2D eigenvalue weighted by atomic mass is 10.2. The van der Waals surface area contributed by atoms with Crippen molar-refractivity contribution >= 4 is 22.9 Å². The van der Waals surface area contributed by atoms with E-state index in [9.17, 15) is 0 Å². The molecule has 0 spiro atoms. The highest BCUT2D eigenvalue weighted by atomic mass is 16.5. The number of terminal acetylenes is 1. The number of hydrogen-bond acceptors (Lipinski definition) is 7. The van der Waals surface area contributed by atoms with Crippen molar-refractivity contribution in [3.8, 4) is 29.7 Å². The zero-order chi connectivity index (χ0) is 22.5. The van der Waals surface area contributed by atoms with Gasteiger partial charge in [-0.15, -0.1) is 6.42 Å². The third-order valence-electron chi connectivity index (χ3n) is 5.40. The number of anilines is 4. The Morgan fingerprint density at radius 2 is 1.88 bits per heavy atom. The molecule has 0 aliphatic carbocycles. The van der Waals surface area contributed by atoms with Crippen LogP contribution in [-0.2, 0) is 0 Å². The Bertz CT molecular complexity index is 1130. The van der Waals surface area contributed by atoms with E-state index in [1.165, 1.54) is 0 Å². The van der Waals surface area contributed by atoms with Gasteiger partial charge >= 0.3 is 0 Å². The van der Waals surface area contributed by atoms with Crippen LogP contribution in [0.5, 0.6) is 17.4 Å². The Morgan fingerprint density at radius 1 is 1.06 bits per heavy atom. The van der Waals surface area contributed by atoms with Crippen LogP contribution in [0.4, 0.5) is 22.9 Å². The molecule has 1 aliphatic heterocycles. The van der Waals surface area contributed by atoms with Gasteiger partial charge in [-0.3, -0.25) is 0 Å². The predicted octanol–water partition coefficient (Wildman–Crippen LogP) is 3.94. The molecule has 0 radical (unpaired) electrons. The molecule has 1 aliphatic rings. The van der Waals surface area contributed by atoms with Crippen LogP contribution in [0.25, 0.3) is 0 Å². The van der Waals surface area contributed by atoms with Crippen LogP contribution in [0.2, 0.25) is 0 Å². The molecule has 0 bridgehead atoms. The van der Waals surface area contributed by atoms with Crippen molar-refractivity contribution < 1.29 is 9.47 Å². The number of likely N-dealkylation sites (N-methyl/N-ethyl adjacent to an activating group) is 1. The first-order valence-corrected chi connectivity index (χ1v) is 10.5. The number of piperazine rings is 1. The predicted molar refractivity (Wildman–Crippen MR) is 129 cm³/mol. The average Bonchev–Trinajstić information content (AvgIpc) is 2.80. The van der Waals surface area contributed by atoms with E-state index in [2.05, 4.69) is 39.1 Å². The number of nitrogens with two attached hydrogens (primary N) is 1. The summed E-state index contributed by atoms with van der Waals surface area (Å²) in [5.74, 6) is 4.84. The van der Waals surface area contributed by atoms with Crippen LogP contribution in [0.3, 0.4) is 0 Å². The largest absolute Gasteiger partial charge is 0.494 e. The van der Waals surface area contributed by atoms with Gasteiger partial charge in [0, 0.05) is 49.7 Å². The van der Waals surface area contributed by atoms with Gasteiger partial charge in [-0.25, -0.2) is 0 Å². The maximum Gasteiger partial charge on any atom is 0.237 e. The summed E-state index contributed by atoms with van der Waals surface area (Å²) in [6.45, 7) is 4.08. The molecule has 1 fully saturated rings. The third-order valence-corrected chi connectivity index (χ3v) is 5.40. The number of methoxy groups -OCH3 is 1. The van der Waals surface area contributed by atoms with E-state index < -0.39 is 0 Å². The lowest BCUT2D eigenvalue weighted by Crippen LogP contribution is -2.44. The van der Waals surface area contributed by atoms with E-state index in [0.29, 0.717) is 28.7 Å². The normalized spacial score (nSPS) is 14.0. The zero-order valence-corrected chi connectivity index (χ0v) is 18.3. The van der Waals surface area contributed by atoms with Gasteiger partial charge in [0.25, 0.3) is 0 Å². The van der Waals surface area contributed by atoms with Gasteiger partial charge in [0.15, 0.2) is 0 Å². The first-order valence-electron chi connectivity index (χ1n) is 10.5. The number of pyridine rings is 1. The number of nitrogens with one attached hydrogen (secondary N) is 1. The molecule has 32 heavy (non-hydrogen) atoms. The van der Waals surface area contributed by atoms with Crippen LogP contribution in [0.1, 0.15) is 5.56 Å². The van der Waals surface area contributed by atoms with E-state index in [-0.39, 0.29) is 0 Å². The molecule has 164 valence electrons. The van der Waals surface area contributed by atoms with Crippen LogP contribution < -0.4 is 25.4 Å². The fourth-order valence-electron chi connectivity index (χ4n) is 3.57. The van der Waals surface area contributed by atoms with E-state index >= 15 is 0 Å². The molecule has 2 heterocycles. The highest BCUT2D eigenvalue weighted by molar-refractivity contribution is 5.70. The van der Waals surface area contributed by atoms with Gasteiger partial charge in [0.2, 0.25) is 5.88 Å². The SMILES string of the molecule is C#Cc1ccc(Nc2ccc(N3CCN(C)CC3)cc2OC)nc1Oc1cccc(N)c1. The summed E-state index contributed by atoms with van der Waals surface area (Å²) in [7, 11) is 3.81. The van der Waals surface area contributed by atoms with Crippen molar-refractivity contribution in [2.45, 2.75) is 0 Å². The molecule has 7 heteroatoms. The second kappa shape index (κ2) is 9.50. The summed E-state index contributed by atoms with van der Waals surface area (Å²) in [6, 6.07) is 16.9. The van der Waals surface area contributed by atoms with Crippen molar-refractivity contribution in [3.63, 3.8) is 0 Å². The molecule has 0 saturated carbocycles. The smallest absolute Gasteiger partial charge is 0.237 e. The van der Waals surface area contributed by atoms with Gasteiger partial charge in [0.1, 0.15) is 17.3 Å². The summed E-state index contributed by atoms with van der Waals surface area (Å²) >= 11 is 0. The number of nitrogen functional groups attached to an aromatic ring is 1. The van der Waals surface area contributed by atoms with Crippen molar-refractivity contribution in [2.75, 3.05) is 56.3 Å². The maximum atomic E-state index is 5.91. The van der Waals surface area contributed by atoms with Crippen molar-refractivity contribution in [1.29, 1.82) is 0 Å². The number of hydrogen-bond donors (Lipinski definition) is 2. The monoisotopic (exact) mass is 429 g/mol. The Hall–Kier alpha value is -3.89. The molecule has 1 saturated heterocycles. The molecule has 1 aromatic heterocycles. The first-order chi connectivity index (χ1) is 15.6. The van der Waals surface area contributed by atoms with Crippen molar-refractivity contribution in [1.82, 2.24) is 9.88 Å². The number of nitrogens with zero attached hydrogens (tertiary/aromatic N) is 3. The molecule has 0 unspecified atom stereocenters. The minimum absolute atomic E-state index is 0.330.